The molecule has 0 saturated carbocycles. The van der Waals surface area contributed by atoms with Gasteiger partial charge in [0.25, 0.3) is 10.8 Å². The number of rotatable bonds is 5. The average molecular weight is 229 g/mol. The molecule has 6 heteroatoms. The summed E-state index contributed by atoms with van der Waals surface area (Å²) >= 11 is 0. The van der Waals surface area contributed by atoms with Crippen molar-refractivity contribution < 1.29 is 20.3 Å². The fraction of sp³-hybridized carbons (Fsp3) is 0.600. The Morgan fingerprint density at radius 3 is 2.38 bits per heavy atom. The van der Waals surface area contributed by atoms with Gasteiger partial charge < -0.3 is 20.6 Å². The zero-order valence-electron chi connectivity index (χ0n) is 9.32. The van der Waals surface area contributed by atoms with Gasteiger partial charge in [-0.15, -0.1) is 0 Å². The third-order valence-corrected chi connectivity index (χ3v) is 2.26. The average Bonchev–Trinajstić information content (AvgIpc) is 2.31. The van der Waals surface area contributed by atoms with Crippen LogP contribution in [0.1, 0.15) is 13.8 Å². The topological polar surface area (TPSA) is 104 Å². The van der Waals surface area contributed by atoms with E-state index in [-0.39, 0.29) is 47.5 Å². The van der Waals surface area contributed by atoms with Gasteiger partial charge in [-0.2, -0.15) is 0 Å². The minimum atomic E-state index is -0.335. The van der Waals surface area contributed by atoms with E-state index in [0.29, 0.717) is 0 Å². The summed E-state index contributed by atoms with van der Waals surface area (Å²) < 4.78 is 0. The van der Waals surface area contributed by atoms with Crippen molar-refractivity contribution in [2.75, 3.05) is 18.5 Å². The fourth-order valence-electron chi connectivity index (χ4n) is 1.25. The second-order valence-electron chi connectivity index (χ2n) is 3.88. The van der Waals surface area contributed by atoms with Crippen LogP contribution in [0.25, 0.3) is 0 Å². The molecule has 0 aromatic heterocycles. The van der Waals surface area contributed by atoms with Crippen LogP contribution in [-0.2, 0) is 0 Å². The predicted octanol–water partition coefficient (Wildman–Crippen LogP) is -3.22. The van der Waals surface area contributed by atoms with Gasteiger partial charge in [0.1, 0.15) is 12.3 Å². The standard InChI is InChI=1S/C10H16N2O4/c1-5(3-13)11-7-9(15)8(10(7)16)12-6(2)4-14/h5-6,11,13-15H,3-4H2,1-2H3/p+1. The molecule has 0 fully saturated rings. The largest absolute Gasteiger partial charge is 0.501 e. The summed E-state index contributed by atoms with van der Waals surface area (Å²) in [4.78, 5) is 14.2. The first-order chi connectivity index (χ1) is 7.51. The molecule has 5 N–H and O–H groups in total. The van der Waals surface area contributed by atoms with Crippen molar-refractivity contribution in [3.05, 3.63) is 15.6 Å². The number of aliphatic hydroxyl groups excluding tert-OH is 2. The Morgan fingerprint density at radius 2 is 1.94 bits per heavy atom. The third-order valence-electron chi connectivity index (χ3n) is 2.26. The monoisotopic (exact) mass is 229 g/mol. The highest BCUT2D eigenvalue weighted by molar-refractivity contribution is 5.60. The van der Waals surface area contributed by atoms with E-state index in [0.717, 1.165) is 0 Å². The quantitative estimate of drug-likeness (QED) is 0.365. The molecule has 0 radical (unpaired) electrons. The predicted molar refractivity (Wildman–Crippen MR) is 57.6 cm³/mol. The first-order valence-corrected chi connectivity index (χ1v) is 5.11. The van der Waals surface area contributed by atoms with E-state index in [2.05, 4.69) is 10.3 Å². The molecule has 2 unspecified atom stereocenters. The molecule has 0 aliphatic carbocycles. The zero-order chi connectivity index (χ0) is 12.3. The lowest BCUT2D eigenvalue weighted by Gasteiger charge is -2.13. The van der Waals surface area contributed by atoms with Gasteiger partial charge in [-0.25, -0.2) is 4.99 Å². The number of anilines is 1. The first kappa shape index (κ1) is 12.7. The summed E-state index contributed by atoms with van der Waals surface area (Å²) in [7, 11) is 0. The lowest BCUT2D eigenvalue weighted by molar-refractivity contribution is -0.543. The second kappa shape index (κ2) is 5.09. The molecular formula is C10H17N2O4+. The van der Waals surface area contributed by atoms with Crippen molar-refractivity contribution in [1.29, 1.82) is 0 Å². The van der Waals surface area contributed by atoms with Crippen LogP contribution in [0.2, 0.25) is 0 Å². The van der Waals surface area contributed by atoms with Crippen molar-refractivity contribution in [3.8, 4) is 5.75 Å². The van der Waals surface area contributed by atoms with Gasteiger partial charge in [0.05, 0.1) is 6.61 Å². The highest BCUT2D eigenvalue weighted by Gasteiger charge is 2.24. The minimum absolute atomic E-state index is 0.106. The molecule has 1 aromatic rings. The molecule has 2 atom stereocenters. The van der Waals surface area contributed by atoms with Crippen LogP contribution in [-0.4, -0.2) is 40.6 Å². The van der Waals surface area contributed by atoms with Crippen molar-refractivity contribution in [1.82, 2.24) is 0 Å². The van der Waals surface area contributed by atoms with E-state index in [9.17, 15) is 9.90 Å². The fourth-order valence-corrected chi connectivity index (χ4v) is 1.25. The molecule has 0 aliphatic rings. The van der Waals surface area contributed by atoms with Crippen LogP contribution in [0.3, 0.4) is 0 Å². The minimum Gasteiger partial charge on any atom is -0.501 e. The van der Waals surface area contributed by atoms with Crippen LogP contribution >= 0.6 is 0 Å². The van der Waals surface area contributed by atoms with E-state index < -0.39 is 0 Å². The number of nitrogens with one attached hydrogen (secondary N) is 2. The molecule has 1 rings (SSSR count). The zero-order valence-corrected chi connectivity index (χ0v) is 9.32. The Morgan fingerprint density at radius 1 is 1.31 bits per heavy atom. The number of aromatic hydroxyl groups is 1. The Kier molecular flexibility index (Phi) is 4.03. The molecule has 1 aromatic carbocycles. The molecule has 0 saturated heterocycles. The summed E-state index contributed by atoms with van der Waals surface area (Å²) in [6.07, 6.45) is 0. The van der Waals surface area contributed by atoms with Crippen molar-refractivity contribution in [2.24, 2.45) is 0 Å². The van der Waals surface area contributed by atoms with Gasteiger partial charge in [0.2, 0.25) is 5.75 Å². The molecule has 0 spiro atoms. The normalized spacial score (nSPS) is 16.4. The summed E-state index contributed by atoms with van der Waals surface area (Å²) in [5, 5.41) is 29.9. The van der Waals surface area contributed by atoms with Gasteiger partial charge >= 0.3 is 0 Å². The van der Waals surface area contributed by atoms with Gasteiger partial charge in [0, 0.05) is 6.04 Å². The van der Waals surface area contributed by atoms with E-state index in [1.165, 1.54) is 0 Å². The van der Waals surface area contributed by atoms with Crippen molar-refractivity contribution in [2.45, 2.75) is 25.9 Å². The summed E-state index contributed by atoms with van der Waals surface area (Å²) in [6.45, 7) is 3.13. The van der Waals surface area contributed by atoms with Gasteiger partial charge in [-0.3, -0.25) is 4.79 Å². The van der Waals surface area contributed by atoms with E-state index in [4.69, 9.17) is 10.2 Å². The third kappa shape index (κ3) is 2.40. The molecule has 6 nitrogen and oxygen atoms in total. The van der Waals surface area contributed by atoms with Gasteiger partial charge in [0.15, 0.2) is 6.04 Å². The van der Waals surface area contributed by atoms with Crippen molar-refractivity contribution >= 4 is 5.69 Å². The van der Waals surface area contributed by atoms with Crippen LogP contribution in [0, 0.1) is 0 Å². The summed E-state index contributed by atoms with van der Waals surface area (Å²) in [5.74, 6) is -0.148. The lowest BCUT2D eigenvalue weighted by atomic mass is 10.2. The summed E-state index contributed by atoms with van der Waals surface area (Å²) in [5.41, 5.74) is -0.229. The first-order valence-electron chi connectivity index (χ1n) is 5.11. The molecule has 0 heterocycles. The van der Waals surface area contributed by atoms with Crippen LogP contribution in [0.15, 0.2) is 4.79 Å². The SMILES string of the molecule is CC(CO)Nc1c(O)c(=[NH+]C(C)CO)c1=O. The van der Waals surface area contributed by atoms with Gasteiger partial charge in [-0.1, -0.05) is 0 Å². The Bertz CT molecular complexity index is 434. The van der Waals surface area contributed by atoms with Crippen molar-refractivity contribution in [3.63, 3.8) is 0 Å². The molecule has 0 bridgehead atoms. The lowest BCUT2D eigenvalue weighted by Crippen LogP contribution is -2.86. The van der Waals surface area contributed by atoms with Gasteiger partial charge in [-0.05, 0) is 13.8 Å². The molecular weight excluding hydrogens is 212 g/mol. The maximum atomic E-state index is 11.5. The van der Waals surface area contributed by atoms with Crippen LogP contribution in [0.5, 0.6) is 5.75 Å². The molecule has 16 heavy (non-hydrogen) atoms. The molecule has 0 amide bonds. The maximum Gasteiger partial charge on any atom is 0.293 e. The van der Waals surface area contributed by atoms with Crippen LogP contribution < -0.4 is 21.1 Å². The Labute approximate surface area is 92.6 Å². The molecule has 0 aliphatic heterocycles. The second-order valence-corrected chi connectivity index (χ2v) is 3.88. The molecule has 90 valence electrons. The van der Waals surface area contributed by atoms with E-state index in [1.807, 2.05) is 0 Å². The highest BCUT2D eigenvalue weighted by Crippen LogP contribution is 2.14. The summed E-state index contributed by atoms with van der Waals surface area (Å²) in [6, 6.07) is -0.587. The smallest absolute Gasteiger partial charge is 0.293 e. The van der Waals surface area contributed by atoms with Crippen LogP contribution in [0.4, 0.5) is 5.69 Å². The van der Waals surface area contributed by atoms with E-state index in [1.54, 1.807) is 13.8 Å². The maximum absolute atomic E-state index is 11.5. The van der Waals surface area contributed by atoms with E-state index >= 15 is 0 Å². The number of aliphatic hydroxyl groups is 2. The number of hydrogen-bond donors (Lipinski definition) is 5. The Hall–Kier alpha value is -1.40. The Balaban J connectivity index is 2.91. The number of hydrogen-bond acceptors (Lipinski definition) is 5. The highest BCUT2D eigenvalue weighted by atomic mass is 16.3.